The van der Waals surface area contributed by atoms with Gasteiger partial charge in [-0.05, 0) is 38.9 Å². The van der Waals surface area contributed by atoms with Crippen LogP contribution in [0.4, 0.5) is 5.69 Å². The van der Waals surface area contributed by atoms with Crippen LogP contribution in [0.2, 0.25) is 0 Å². The number of hydrogen-bond acceptors (Lipinski definition) is 3. The summed E-state index contributed by atoms with van der Waals surface area (Å²) < 4.78 is 0. The van der Waals surface area contributed by atoms with Gasteiger partial charge in [0, 0.05) is 35.9 Å². The first-order valence-electron chi connectivity index (χ1n) is 7.05. The molecule has 0 spiro atoms. The molecule has 0 saturated heterocycles. The third-order valence-corrected chi connectivity index (χ3v) is 4.06. The van der Waals surface area contributed by atoms with Crippen molar-refractivity contribution in [3.63, 3.8) is 0 Å². The highest BCUT2D eigenvalue weighted by Crippen LogP contribution is 2.27. The van der Waals surface area contributed by atoms with Crippen LogP contribution in [0.3, 0.4) is 0 Å². The molecule has 1 aromatic heterocycles. The first-order chi connectivity index (χ1) is 9.25. The summed E-state index contributed by atoms with van der Waals surface area (Å²) in [5.74, 6) is 0. The second-order valence-corrected chi connectivity index (χ2v) is 5.50. The SMILES string of the molecule is CC(CNc1ccnc2ccccc12)N(C)C1CC1. The zero-order chi connectivity index (χ0) is 13.2. The zero-order valence-corrected chi connectivity index (χ0v) is 11.6. The van der Waals surface area contributed by atoms with Crippen LogP contribution in [0.5, 0.6) is 0 Å². The molecular weight excluding hydrogens is 234 g/mol. The van der Waals surface area contributed by atoms with Gasteiger partial charge in [-0.25, -0.2) is 0 Å². The van der Waals surface area contributed by atoms with E-state index in [1.807, 2.05) is 12.3 Å². The predicted octanol–water partition coefficient (Wildman–Crippen LogP) is 3.13. The Balaban J connectivity index is 1.71. The topological polar surface area (TPSA) is 28.2 Å². The molecule has 3 rings (SSSR count). The first kappa shape index (κ1) is 12.4. The fraction of sp³-hybridized carbons (Fsp3) is 0.438. The Morgan fingerprint density at radius 1 is 1.32 bits per heavy atom. The van der Waals surface area contributed by atoms with E-state index in [0.29, 0.717) is 6.04 Å². The lowest BCUT2D eigenvalue weighted by molar-refractivity contribution is 0.257. The maximum atomic E-state index is 4.39. The van der Waals surface area contributed by atoms with Crippen LogP contribution in [0.25, 0.3) is 10.9 Å². The van der Waals surface area contributed by atoms with Crippen LogP contribution in [0, 0.1) is 0 Å². The van der Waals surface area contributed by atoms with Crippen LogP contribution in [0.15, 0.2) is 36.5 Å². The van der Waals surface area contributed by atoms with Crippen molar-refractivity contribution in [1.29, 1.82) is 0 Å². The van der Waals surface area contributed by atoms with Gasteiger partial charge in [0.1, 0.15) is 0 Å². The smallest absolute Gasteiger partial charge is 0.0722 e. The number of nitrogens with one attached hydrogen (secondary N) is 1. The number of benzene rings is 1. The van der Waals surface area contributed by atoms with Gasteiger partial charge in [0.2, 0.25) is 0 Å². The minimum Gasteiger partial charge on any atom is -0.383 e. The van der Waals surface area contributed by atoms with Gasteiger partial charge in [0.05, 0.1) is 5.52 Å². The standard InChI is InChI=1S/C16H21N3/c1-12(19(2)13-7-8-13)11-18-16-9-10-17-15-6-4-3-5-14(15)16/h3-6,9-10,12-13H,7-8,11H2,1-2H3,(H,17,18). The van der Waals surface area contributed by atoms with Gasteiger partial charge < -0.3 is 5.32 Å². The van der Waals surface area contributed by atoms with E-state index in [1.165, 1.54) is 23.9 Å². The van der Waals surface area contributed by atoms with E-state index in [0.717, 1.165) is 18.1 Å². The molecule has 1 N–H and O–H groups in total. The van der Waals surface area contributed by atoms with E-state index in [4.69, 9.17) is 0 Å². The van der Waals surface area contributed by atoms with Gasteiger partial charge in [-0.1, -0.05) is 18.2 Å². The average molecular weight is 255 g/mol. The van der Waals surface area contributed by atoms with Crippen molar-refractivity contribution in [3.05, 3.63) is 36.5 Å². The Morgan fingerprint density at radius 2 is 2.11 bits per heavy atom. The molecule has 0 bridgehead atoms. The quantitative estimate of drug-likeness (QED) is 0.889. The van der Waals surface area contributed by atoms with E-state index >= 15 is 0 Å². The normalized spacial score (nSPS) is 16.8. The minimum absolute atomic E-state index is 0.555. The van der Waals surface area contributed by atoms with Crippen LogP contribution < -0.4 is 5.32 Å². The van der Waals surface area contributed by atoms with Gasteiger partial charge in [-0.3, -0.25) is 9.88 Å². The van der Waals surface area contributed by atoms with Crippen molar-refractivity contribution >= 4 is 16.6 Å². The molecule has 1 aromatic carbocycles. The predicted molar refractivity (Wildman–Crippen MR) is 80.5 cm³/mol. The van der Waals surface area contributed by atoms with Crippen LogP contribution >= 0.6 is 0 Å². The molecule has 1 aliphatic carbocycles. The molecule has 19 heavy (non-hydrogen) atoms. The Kier molecular flexibility index (Phi) is 3.38. The highest BCUT2D eigenvalue weighted by atomic mass is 15.2. The molecular formula is C16H21N3. The third-order valence-electron chi connectivity index (χ3n) is 4.06. The summed E-state index contributed by atoms with van der Waals surface area (Å²) in [4.78, 5) is 6.87. The van der Waals surface area contributed by atoms with Crippen LogP contribution in [-0.2, 0) is 0 Å². The molecule has 2 aromatic rings. The molecule has 1 aliphatic rings. The highest BCUT2D eigenvalue weighted by molar-refractivity contribution is 5.90. The summed E-state index contributed by atoms with van der Waals surface area (Å²) in [7, 11) is 2.23. The summed E-state index contributed by atoms with van der Waals surface area (Å²) in [6.07, 6.45) is 4.60. The summed E-state index contributed by atoms with van der Waals surface area (Å²) in [5.41, 5.74) is 2.23. The van der Waals surface area contributed by atoms with E-state index in [2.05, 4.69) is 53.4 Å². The number of nitrogens with zero attached hydrogens (tertiary/aromatic N) is 2. The lowest BCUT2D eigenvalue weighted by Gasteiger charge is -2.25. The molecule has 1 unspecified atom stereocenters. The Labute approximate surface area is 114 Å². The van der Waals surface area contributed by atoms with Crippen molar-refractivity contribution < 1.29 is 0 Å². The number of hydrogen-bond donors (Lipinski definition) is 1. The third kappa shape index (κ3) is 2.71. The van der Waals surface area contributed by atoms with Gasteiger partial charge in [-0.2, -0.15) is 0 Å². The molecule has 3 nitrogen and oxygen atoms in total. The summed E-state index contributed by atoms with van der Waals surface area (Å²) >= 11 is 0. The molecule has 100 valence electrons. The van der Waals surface area contributed by atoms with Crippen LogP contribution in [0.1, 0.15) is 19.8 Å². The van der Waals surface area contributed by atoms with Crippen LogP contribution in [-0.4, -0.2) is 35.6 Å². The molecule has 1 fully saturated rings. The molecule has 0 radical (unpaired) electrons. The Hall–Kier alpha value is -1.61. The van der Waals surface area contributed by atoms with E-state index < -0.39 is 0 Å². The largest absolute Gasteiger partial charge is 0.383 e. The Bertz CT molecular complexity index is 557. The number of likely N-dealkylation sites (N-methyl/N-ethyl adjacent to an activating group) is 1. The zero-order valence-electron chi connectivity index (χ0n) is 11.6. The summed E-state index contributed by atoms with van der Waals surface area (Å²) in [6.45, 7) is 3.26. The van der Waals surface area contributed by atoms with E-state index in [1.54, 1.807) is 0 Å². The fourth-order valence-corrected chi connectivity index (χ4v) is 2.49. The lowest BCUT2D eigenvalue weighted by atomic mass is 10.2. The highest BCUT2D eigenvalue weighted by Gasteiger charge is 2.28. The minimum atomic E-state index is 0.555. The molecule has 1 heterocycles. The summed E-state index contributed by atoms with van der Waals surface area (Å²) in [5, 5.41) is 4.77. The molecule has 1 saturated carbocycles. The fourth-order valence-electron chi connectivity index (χ4n) is 2.49. The van der Waals surface area contributed by atoms with Crippen molar-refractivity contribution in [3.8, 4) is 0 Å². The average Bonchev–Trinajstić information content (AvgIpc) is 3.28. The number of rotatable bonds is 5. The molecule has 3 heteroatoms. The monoisotopic (exact) mass is 255 g/mol. The van der Waals surface area contributed by atoms with Gasteiger partial charge >= 0.3 is 0 Å². The first-order valence-corrected chi connectivity index (χ1v) is 7.05. The van der Waals surface area contributed by atoms with Crippen molar-refractivity contribution in [2.75, 3.05) is 18.9 Å². The maximum absolute atomic E-state index is 4.39. The summed E-state index contributed by atoms with van der Waals surface area (Å²) in [6, 6.07) is 11.7. The number of fused-ring (bicyclic) bond motifs is 1. The van der Waals surface area contributed by atoms with E-state index in [9.17, 15) is 0 Å². The van der Waals surface area contributed by atoms with E-state index in [-0.39, 0.29) is 0 Å². The number of pyridine rings is 1. The lowest BCUT2D eigenvalue weighted by Crippen LogP contribution is -2.36. The number of aromatic nitrogens is 1. The van der Waals surface area contributed by atoms with Crippen molar-refractivity contribution in [2.24, 2.45) is 0 Å². The van der Waals surface area contributed by atoms with Gasteiger partial charge in [0.15, 0.2) is 0 Å². The second kappa shape index (κ2) is 5.17. The maximum Gasteiger partial charge on any atom is 0.0722 e. The Morgan fingerprint density at radius 3 is 2.89 bits per heavy atom. The molecule has 1 atom stereocenters. The van der Waals surface area contributed by atoms with Crippen molar-refractivity contribution in [2.45, 2.75) is 31.8 Å². The van der Waals surface area contributed by atoms with Gasteiger partial charge in [-0.15, -0.1) is 0 Å². The second-order valence-electron chi connectivity index (χ2n) is 5.50. The molecule has 0 aliphatic heterocycles. The van der Waals surface area contributed by atoms with Gasteiger partial charge in [0.25, 0.3) is 0 Å². The number of para-hydroxylation sites is 1. The van der Waals surface area contributed by atoms with Crippen molar-refractivity contribution in [1.82, 2.24) is 9.88 Å². The molecule has 0 amide bonds. The number of anilines is 1.